The van der Waals surface area contributed by atoms with Gasteiger partial charge < -0.3 is 11.1 Å². The molecule has 0 saturated heterocycles. The number of amides is 1. The van der Waals surface area contributed by atoms with E-state index in [9.17, 15) is 14.9 Å². The fourth-order valence-electron chi connectivity index (χ4n) is 1.37. The number of nitrogens with zero attached hydrogens (tertiary/aromatic N) is 1. The number of carbonyl (C=O) groups is 1. The highest BCUT2D eigenvalue weighted by Gasteiger charge is 2.11. The maximum Gasteiger partial charge on any atom is 0.269 e. The van der Waals surface area contributed by atoms with Crippen molar-refractivity contribution in [1.82, 2.24) is 0 Å². The minimum Gasteiger partial charge on any atom is -0.390 e. The molecule has 1 aromatic heterocycles. The van der Waals surface area contributed by atoms with Crippen molar-refractivity contribution < 1.29 is 9.72 Å². The lowest BCUT2D eigenvalue weighted by Crippen LogP contribution is -2.12. The lowest BCUT2D eigenvalue weighted by molar-refractivity contribution is -0.384. The molecule has 0 radical (unpaired) electrons. The smallest absolute Gasteiger partial charge is 0.269 e. The number of nitrogens with one attached hydrogen (secondary N) is 1. The molecule has 0 spiro atoms. The molecule has 7 heteroatoms. The van der Waals surface area contributed by atoms with Crippen LogP contribution in [0.5, 0.6) is 0 Å². The van der Waals surface area contributed by atoms with E-state index in [1.54, 1.807) is 11.4 Å². The summed E-state index contributed by atoms with van der Waals surface area (Å²) in [5.74, 6) is -0.331. The predicted octanol–water partition coefficient (Wildman–Crippen LogP) is 2.49. The summed E-state index contributed by atoms with van der Waals surface area (Å²) in [4.78, 5) is 21.8. The molecule has 0 aliphatic heterocycles. The molecule has 0 saturated carbocycles. The highest BCUT2D eigenvalue weighted by atomic mass is 32.1. The summed E-state index contributed by atoms with van der Waals surface area (Å²) >= 11 is 1.28. The number of nitrogen functional groups attached to an aromatic ring is 1. The molecule has 2 aromatic rings. The summed E-state index contributed by atoms with van der Waals surface area (Å²) < 4.78 is 0. The lowest BCUT2D eigenvalue weighted by atomic mass is 10.2. The molecule has 2 rings (SSSR count). The molecule has 3 N–H and O–H groups in total. The van der Waals surface area contributed by atoms with E-state index in [-0.39, 0.29) is 11.6 Å². The van der Waals surface area contributed by atoms with Gasteiger partial charge in [0.15, 0.2) is 0 Å². The number of hydrogen-bond acceptors (Lipinski definition) is 5. The van der Waals surface area contributed by atoms with Crippen LogP contribution in [0.4, 0.5) is 16.4 Å². The minimum atomic E-state index is -0.498. The fraction of sp³-hybridized carbons (Fsp3) is 0. The third-order valence-electron chi connectivity index (χ3n) is 2.28. The summed E-state index contributed by atoms with van der Waals surface area (Å²) in [6.07, 6.45) is 0. The molecule has 0 fully saturated rings. The Hall–Kier alpha value is -2.41. The van der Waals surface area contributed by atoms with Gasteiger partial charge in [-0.1, -0.05) is 0 Å². The van der Waals surface area contributed by atoms with Crippen molar-refractivity contribution in [3.63, 3.8) is 0 Å². The molecule has 0 aliphatic rings. The Morgan fingerprint density at radius 2 is 1.94 bits per heavy atom. The first-order valence-electron chi connectivity index (χ1n) is 4.96. The van der Waals surface area contributed by atoms with Crippen LogP contribution in [-0.2, 0) is 0 Å². The number of rotatable bonds is 3. The van der Waals surface area contributed by atoms with Gasteiger partial charge in [-0.25, -0.2) is 0 Å². The number of carbonyl (C=O) groups excluding carboxylic acids is 1. The van der Waals surface area contributed by atoms with E-state index in [4.69, 9.17) is 5.73 Å². The van der Waals surface area contributed by atoms with Crippen molar-refractivity contribution in [3.8, 4) is 0 Å². The first kappa shape index (κ1) is 12.1. The van der Waals surface area contributed by atoms with Gasteiger partial charge in [0, 0.05) is 17.8 Å². The molecule has 1 heterocycles. The zero-order valence-electron chi connectivity index (χ0n) is 9.12. The van der Waals surface area contributed by atoms with Crippen LogP contribution in [0.2, 0.25) is 0 Å². The number of thiophene rings is 1. The van der Waals surface area contributed by atoms with Crippen molar-refractivity contribution in [2.45, 2.75) is 0 Å². The van der Waals surface area contributed by atoms with E-state index in [1.165, 1.54) is 35.6 Å². The average Bonchev–Trinajstić information content (AvgIpc) is 2.76. The Labute approximate surface area is 106 Å². The molecule has 18 heavy (non-hydrogen) atoms. The van der Waals surface area contributed by atoms with Crippen LogP contribution in [-0.4, -0.2) is 10.8 Å². The van der Waals surface area contributed by atoms with Gasteiger partial charge >= 0.3 is 0 Å². The molecule has 0 unspecified atom stereocenters. The summed E-state index contributed by atoms with van der Waals surface area (Å²) in [6.45, 7) is 0. The number of benzene rings is 1. The van der Waals surface area contributed by atoms with Crippen LogP contribution in [0.25, 0.3) is 0 Å². The number of non-ortho nitro benzene ring substituents is 1. The highest BCUT2D eigenvalue weighted by Crippen LogP contribution is 2.21. The van der Waals surface area contributed by atoms with E-state index in [1.807, 2.05) is 0 Å². The molecule has 92 valence electrons. The SMILES string of the molecule is Nc1sccc1C(=O)Nc1ccc([N+](=O)[O-])cc1. The van der Waals surface area contributed by atoms with Crippen molar-refractivity contribution >= 4 is 33.6 Å². The molecule has 0 bridgehead atoms. The number of nitrogens with two attached hydrogens (primary N) is 1. The number of nitro groups is 1. The Morgan fingerprint density at radius 3 is 2.44 bits per heavy atom. The largest absolute Gasteiger partial charge is 0.390 e. The third kappa shape index (κ3) is 2.46. The van der Waals surface area contributed by atoms with Gasteiger partial charge in [0.2, 0.25) is 0 Å². The Bertz CT molecular complexity index is 592. The van der Waals surface area contributed by atoms with E-state index in [2.05, 4.69) is 5.32 Å². The van der Waals surface area contributed by atoms with Crippen LogP contribution in [0, 0.1) is 10.1 Å². The van der Waals surface area contributed by atoms with Crippen LogP contribution >= 0.6 is 11.3 Å². The topological polar surface area (TPSA) is 98.3 Å². The van der Waals surface area contributed by atoms with E-state index in [0.29, 0.717) is 16.3 Å². The van der Waals surface area contributed by atoms with Gasteiger partial charge in [-0.05, 0) is 23.6 Å². The van der Waals surface area contributed by atoms with Crippen molar-refractivity contribution in [3.05, 3.63) is 51.4 Å². The van der Waals surface area contributed by atoms with Crippen molar-refractivity contribution in [2.75, 3.05) is 11.1 Å². The number of nitro benzene ring substituents is 1. The van der Waals surface area contributed by atoms with Crippen LogP contribution in [0.1, 0.15) is 10.4 Å². The van der Waals surface area contributed by atoms with Crippen molar-refractivity contribution in [2.24, 2.45) is 0 Å². The van der Waals surface area contributed by atoms with Gasteiger partial charge in [0.05, 0.1) is 15.5 Å². The predicted molar refractivity (Wildman–Crippen MR) is 69.8 cm³/mol. The minimum absolute atomic E-state index is 0.0250. The molecule has 0 aliphatic carbocycles. The maximum atomic E-state index is 11.8. The van der Waals surface area contributed by atoms with Gasteiger partial charge in [-0.2, -0.15) is 0 Å². The van der Waals surface area contributed by atoms with E-state index < -0.39 is 4.92 Å². The second-order valence-corrected chi connectivity index (χ2v) is 4.40. The number of hydrogen-bond donors (Lipinski definition) is 2. The summed E-state index contributed by atoms with van der Waals surface area (Å²) in [5.41, 5.74) is 6.49. The lowest BCUT2D eigenvalue weighted by Gasteiger charge is -2.04. The van der Waals surface area contributed by atoms with E-state index >= 15 is 0 Å². The monoisotopic (exact) mass is 263 g/mol. The summed E-state index contributed by atoms with van der Waals surface area (Å²) in [7, 11) is 0. The van der Waals surface area contributed by atoms with Crippen LogP contribution in [0.3, 0.4) is 0 Å². The average molecular weight is 263 g/mol. The van der Waals surface area contributed by atoms with Gasteiger partial charge in [0.1, 0.15) is 0 Å². The van der Waals surface area contributed by atoms with Crippen LogP contribution in [0.15, 0.2) is 35.7 Å². The Balaban J connectivity index is 2.13. The molecule has 1 amide bonds. The van der Waals surface area contributed by atoms with E-state index in [0.717, 1.165) is 0 Å². The molecular formula is C11H9N3O3S. The second-order valence-electron chi connectivity index (χ2n) is 3.46. The quantitative estimate of drug-likeness (QED) is 0.656. The molecule has 0 atom stereocenters. The second kappa shape index (κ2) is 4.84. The summed E-state index contributed by atoms with van der Waals surface area (Å²) in [5, 5.41) is 15.2. The van der Waals surface area contributed by atoms with Gasteiger partial charge in [-0.3, -0.25) is 14.9 Å². The Kier molecular flexibility index (Phi) is 3.24. The molecule has 1 aromatic carbocycles. The number of anilines is 2. The maximum absolute atomic E-state index is 11.8. The van der Waals surface area contributed by atoms with Gasteiger partial charge in [-0.15, -0.1) is 11.3 Å². The van der Waals surface area contributed by atoms with Crippen LogP contribution < -0.4 is 11.1 Å². The molecular weight excluding hydrogens is 254 g/mol. The first-order valence-corrected chi connectivity index (χ1v) is 5.84. The molecule has 6 nitrogen and oxygen atoms in total. The van der Waals surface area contributed by atoms with Crippen molar-refractivity contribution in [1.29, 1.82) is 0 Å². The standard InChI is InChI=1S/C11H9N3O3S/c12-10-9(5-6-18-10)11(15)13-7-1-3-8(4-2-7)14(16)17/h1-6H,12H2,(H,13,15). The summed E-state index contributed by atoms with van der Waals surface area (Å²) in [6, 6.07) is 7.22. The fourth-order valence-corrected chi connectivity index (χ4v) is 2.01. The zero-order valence-corrected chi connectivity index (χ0v) is 9.94. The first-order chi connectivity index (χ1) is 8.58. The normalized spacial score (nSPS) is 10.0. The van der Waals surface area contributed by atoms with Gasteiger partial charge in [0.25, 0.3) is 11.6 Å². The zero-order chi connectivity index (χ0) is 13.1. The third-order valence-corrected chi connectivity index (χ3v) is 3.02. The Morgan fingerprint density at radius 1 is 1.28 bits per heavy atom. The highest BCUT2D eigenvalue weighted by molar-refractivity contribution is 7.14.